The molecule has 0 aliphatic heterocycles. The predicted molar refractivity (Wildman–Crippen MR) is 69.0 cm³/mol. The summed E-state index contributed by atoms with van der Waals surface area (Å²) in [6.07, 6.45) is 2.11. The Morgan fingerprint density at radius 1 is 1.50 bits per heavy atom. The van der Waals surface area contributed by atoms with Gasteiger partial charge in [-0.05, 0) is 36.7 Å². The number of anilines is 1. The Balaban J connectivity index is 1.89. The van der Waals surface area contributed by atoms with Crippen LogP contribution in [0.25, 0.3) is 0 Å². The molecule has 1 aliphatic carbocycles. The Labute approximate surface area is 108 Å². The molecule has 0 spiro atoms. The Morgan fingerprint density at radius 2 is 2.33 bits per heavy atom. The molecule has 7 heteroatoms. The van der Waals surface area contributed by atoms with Crippen LogP contribution < -0.4 is 11.0 Å². The van der Waals surface area contributed by atoms with Gasteiger partial charge in [0.05, 0.1) is 0 Å². The average Bonchev–Trinajstić information content (AvgIpc) is 3.15. The number of nitrogens with zero attached hydrogens (tertiary/aromatic N) is 3. The van der Waals surface area contributed by atoms with E-state index in [2.05, 4.69) is 20.5 Å². The van der Waals surface area contributed by atoms with Gasteiger partial charge in [0.15, 0.2) is 5.16 Å². The third-order valence-corrected chi connectivity index (χ3v) is 3.67. The predicted octanol–water partition coefficient (Wildman–Crippen LogP) is 1.49. The van der Waals surface area contributed by atoms with E-state index in [-0.39, 0.29) is 5.69 Å². The van der Waals surface area contributed by atoms with Gasteiger partial charge >= 0.3 is 5.69 Å². The molecule has 1 fully saturated rings. The molecule has 0 radical (unpaired) electrons. The monoisotopic (exact) mass is 263 g/mol. The molecule has 2 aromatic heterocycles. The van der Waals surface area contributed by atoms with E-state index in [1.807, 2.05) is 25.2 Å². The second-order valence-electron chi connectivity index (χ2n) is 4.13. The molecule has 1 saturated carbocycles. The Bertz CT molecular complexity index is 616. The van der Waals surface area contributed by atoms with Gasteiger partial charge in [-0.3, -0.25) is 4.57 Å². The van der Waals surface area contributed by atoms with Gasteiger partial charge in [0.2, 0.25) is 0 Å². The van der Waals surface area contributed by atoms with Crippen LogP contribution in [0.2, 0.25) is 0 Å². The van der Waals surface area contributed by atoms with E-state index < -0.39 is 0 Å². The Kier molecular flexibility index (Phi) is 2.83. The minimum atomic E-state index is -0.134. The molecule has 0 saturated heterocycles. The van der Waals surface area contributed by atoms with Crippen LogP contribution in [0.1, 0.15) is 18.9 Å². The number of nitrogens with one attached hydrogen (secondary N) is 2. The molecular weight excluding hydrogens is 250 g/mol. The normalized spacial score (nSPS) is 14.7. The van der Waals surface area contributed by atoms with E-state index in [1.54, 1.807) is 4.57 Å². The maximum absolute atomic E-state index is 11.6. The largest absolute Gasteiger partial charge is 0.373 e. The zero-order chi connectivity index (χ0) is 12.5. The van der Waals surface area contributed by atoms with Crippen LogP contribution in [0.4, 0.5) is 5.82 Å². The lowest BCUT2D eigenvalue weighted by Crippen LogP contribution is -2.16. The molecule has 18 heavy (non-hydrogen) atoms. The van der Waals surface area contributed by atoms with E-state index >= 15 is 0 Å². The molecule has 2 N–H and O–H groups in total. The highest BCUT2D eigenvalue weighted by molar-refractivity contribution is 7.99. The lowest BCUT2D eigenvalue weighted by molar-refractivity contribution is 0.642. The zero-order valence-corrected chi connectivity index (χ0v) is 10.7. The van der Waals surface area contributed by atoms with Gasteiger partial charge in [0.1, 0.15) is 10.8 Å². The standard InChI is InChI=1S/C11H13N5OS/c1-12-8-3-2-4-9(13-8)18-11-15-14-10(17)16(11)7-5-6-7/h2-4,7H,5-6H2,1H3,(H,12,13)(H,14,17). The molecule has 0 amide bonds. The maximum atomic E-state index is 11.6. The minimum Gasteiger partial charge on any atom is -0.373 e. The van der Waals surface area contributed by atoms with E-state index in [1.165, 1.54) is 11.8 Å². The van der Waals surface area contributed by atoms with Crippen molar-refractivity contribution >= 4 is 17.6 Å². The zero-order valence-electron chi connectivity index (χ0n) is 9.88. The van der Waals surface area contributed by atoms with Crippen LogP contribution in [-0.4, -0.2) is 26.8 Å². The van der Waals surface area contributed by atoms with Crippen LogP contribution >= 0.6 is 11.8 Å². The highest BCUT2D eigenvalue weighted by atomic mass is 32.2. The van der Waals surface area contributed by atoms with Crippen LogP contribution in [0, 0.1) is 0 Å². The number of pyridine rings is 1. The number of hydrogen-bond donors (Lipinski definition) is 2. The number of H-pyrrole nitrogens is 1. The highest BCUT2D eigenvalue weighted by Gasteiger charge is 2.28. The first-order chi connectivity index (χ1) is 8.78. The van der Waals surface area contributed by atoms with Crippen molar-refractivity contribution in [3.8, 4) is 0 Å². The summed E-state index contributed by atoms with van der Waals surface area (Å²) >= 11 is 1.40. The first kappa shape index (κ1) is 11.3. The van der Waals surface area contributed by atoms with Crippen LogP contribution in [0.15, 0.2) is 33.2 Å². The van der Waals surface area contributed by atoms with Crippen LogP contribution in [0.5, 0.6) is 0 Å². The van der Waals surface area contributed by atoms with Crippen molar-refractivity contribution in [2.24, 2.45) is 0 Å². The van der Waals surface area contributed by atoms with Crippen molar-refractivity contribution in [3.05, 3.63) is 28.7 Å². The van der Waals surface area contributed by atoms with Gasteiger partial charge < -0.3 is 5.32 Å². The smallest absolute Gasteiger partial charge is 0.344 e. The number of aromatic amines is 1. The molecule has 1 aliphatic rings. The lowest BCUT2D eigenvalue weighted by Gasteiger charge is -2.04. The lowest BCUT2D eigenvalue weighted by atomic mass is 10.5. The molecular formula is C11H13N5OS. The summed E-state index contributed by atoms with van der Waals surface area (Å²) in [6, 6.07) is 6.03. The summed E-state index contributed by atoms with van der Waals surface area (Å²) in [6.45, 7) is 0. The molecule has 6 nitrogen and oxygen atoms in total. The second-order valence-corrected chi connectivity index (χ2v) is 5.11. The van der Waals surface area contributed by atoms with E-state index in [4.69, 9.17) is 0 Å². The van der Waals surface area contributed by atoms with E-state index in [0.717, 1.165) is 23.7 Å². The van der Waals surface area contributed by atoms with E-state index in [9.17, 15) is 4.79 Å². The van der Waals surface area contributed by atoms with Crippen molar-refractivity contribution in [2.45, 2.75) is 29.1 Å². The molecule has 0 atom stereocenters. The van der Waals surface area contributed by atoms with Gasteiger partial charge in [-0.1, -0.05) is 6.07 Å². The third-order valence-electron chi connectivity index (χ3n) is 2.76. The number of rotatable bonds is 4. The SMILES string of the molecule is CNc1cccc(Sc2n[nH]c(=O)n2C2CC2)n1. The molecule has 3 rings (SSSR count). The fourth-order valence-electron chi connectivity index (χ4n) is 1.72. The molecule has 0 bridgehead atoms. The fraction of sp³-hybridized carbons (Fsp3) is 0.364. The van der Waals surface area contributed by atoms with Crippen molar-refractivity contribution in [1.29, 1.82) is 0 Å². The van der Waals surface area contributed by atoms with Gasteiger partial charge in [-0.25, -0.2) is 14.9 Å². The molecule has 0 unspecified atom stereocenters. The quantitative estimate of drug-likeness (QED) is 0.874. The van der Waals surface area contributed by atoms with Gasteiger partial charge in [0.25, 0.3) is 0 Å². The Hall–Kier alpha value is -1.76. The summed E-state index contributed by atoms with van der Waals surface area (Å²) in [5.74, 6) is 0.802. The summed E-state index contributed by atoms with van der Waals surface area (Å²) in [4.78, 5) is 16.0. The average molecular weight is 263 g/mol. The molecule has 2 aromatic rings. The Morgan fingerprint density at radius 3 is 3.06 bits per heavy atom. The van der Waals surface area contributed by atoms with Gasteiger partial charge in [-0.2, -0.15) is 0 Å². The second kappa shape index (κ2) is 4.49. The summed E-state index contributed by atoms with van der Waals surface area (Å²) in [5.41, 5.74) is -0.134. The summed E-state index contributed by atoms with van der Waals surface area (Å²) in [5, 5.41) is 11.0. The van der Waals surface area contributed by atoms with Gasteiger partial charge in [0, 0.05) is 13.1 Å². The highest BCUT2D eigenvalue weighted by Crippen LogP contribution is 2.37. The van der Waals surface area contributed by atoms with Crippen molar-refractivity contribution < 1.29 is 0 Å². The molecule has 94 valence electrons. The first-order valence-electron chi connectivity index (χ1n) is 5.77. The summed E-state index contributed by atoms with van der Waals surface area (Å²) in [7, 11) is 1.82. The fourth-order valence-corrected chi connectivity index (χ4v) is 2.62. The van der Waals surface area contributed by atoms with Gasteiger partial charge in [-0.15, -0.1) is 5.10 Å². The van der Waals surface area contributed by atoms with Crippen molar-refractivity contribution in [3.63, 3.8) is 0 Å². The third kappa shape index (κ3) is 2.13. The number of hydrogen-bond acceptors (Lipinski definition) is 5. The topological polar surface area (TPSA) is 75.6 Å². The van der Waals surface area contributed by atoms with Crippen LogP contribution in [-0.2, 0) is 0 Å². The first-order valence-corrected chi connectivity index (χ1v) is 6.59. The van der Waals surface area contributed by atoms with Crippen molar-refractivity contribution in [1.82, 2.24) is 19.7 Å². The number of aromatic nitrogens is 4. The minimum absolute atomic E-state index is 0.134. The maximum Gasteiger partial charge on any atom is 0.344 e. The van der Waals surface area contributed by atoms with E-state index in [0.29, 0.717) is 11.2 Å². The van der Waals surface area contributed by atoms with Crippen molar-refractivity contribution in [2.75, 3.05) is 12.4 Å². The molecule has 2 heterocycles. The summed E-state index contributed by atoms with van der Waals surface area (Å²) < 4.78 is 1.72. The van der Waals surface area contributed by atoms with Crippen LogP contribution in [0.3, 0.4) is 0 Å². The molecule has 0 aromatic carbocycles.